The molecule has 204 valence electrons. The van der Waals surface area contributed by atoms with Crippen LogP contribution in [0.4, 0.5) is 18.9 Å². The predicted octanol–water partition coefficient (Wildman–Crippen LogP) is 6.60. The average Bonchev–Trinajstić information content (AvgIpc) is 3.20. The van der Waals surface area contributed by atoms with Crippen molar-refractivity contribution in [1.82, 2.24) is 24.9 Å². The van der Waals surface area contributed by atoms with Crippen molar-refractivity contribution in [3.8, 4) is 17.0 Å². The molecule has 0 amide bonds. The van der Waals surface area contributed by atoms with Gasteiger partial charge in [-0.1, -0.05) is 49.0 Å². The van der Waals surface area contributed by atoms with E-state index in [1.54, 1.807) is 13.0 Å². The number of hydrogen-bond donors (Lipinski definition) is 3. The maximum Gasteiger partial charge on any atom is 0.419 e. The molecular formula is C24H27ClF3N7OS2. The van der Waals surface area contributed by atoms with Crippen molar-refractivity contribution in [3.63, 3.8) is 0 Å². The summed E-state index contributed by atoms with van der Waals surface area (Å²) in [7, 11) is 0. The molecule has 38 heavy (non-hydrogen) atoms. The van der Waals surface area contributed by atoms with Crippen LogP contribution >= 0.6 is 35.2 Å². The number of aryl methyl sites for hydroxylation is 1. The van der Waals surface area contributed by atoms with Crippen LogP contribution in [0.15, 0.2) is 30.9 Å². The molecule has 0 radical (unpaired) electrons. The number of rotatable bonds is 6. The monoisotopic (exact) mass is 585 g/mol. The van der Waals surface area contributed by atoms with Gasteiger partial charge in [-0.05, 0) is 44.4 Å². The summed E-state index contributed by atoms with van der Waals surface area (Å²) in [5, 5.41) is 1.11. The number of nitrogens with zero attached hydrogens (tertiary/aromatic N) is 4. The van der Waals surface area contributed by atoms with Crippen molar-refractivity contribution in [3.05, 3.63) is 51.2 Å². The number of anilines is 1. The molecule has 0 aliphatic heterocycles. The lowest BCUT2D eigenvalue weighted by Gasteiger charge is -2.27. The Morgan fingerprint density at radius 2 is 1.92 bits per heavy atom. The van der Waals surface area contributed by atoms with Gasteiger partial charge in [0.15, 0.2) is 4.64 Å². The highest BCUT2D eigenvalue weighted by Gasteiger charge is 2.35. The van der Waals surface area contributed by atoms with E-state index >= 15 is 0 Å². The van der Waals surface area contributed by atoms with E-state index < -0.39 is 17.3 Å². The second kappa shape index (κ2) is 11.9. The molecule has 8 nitrogen and oxygen atoms in total. The fourth-order valence-electron chi connectivity index (χ4n) is 3.72. The second-order valence-electron chi connectivity index (χ2n) is 9.29. The van der Waals surface area contributed by atoms with Crippen molar-refractivity contribution in [1.29, 1.82) is 0 Å². The number of thiazole rings is 1. The maximum absolute atomic E-state index is 13.7. The molecule has 14 heteroatoms. The number of aromatic nitrogens is 5. The molecule has 1 atom stereocenters. The van der Waals surface area contributed by atoms with Gasteiger partial charge in [-0.25, -0.2) is 19.9 Å². The van der Waals surface area contributed by atoms with Gasteiger partial charge >= 0.3 is 6.18 Å². The highest BCUT2D eigenvalue weighted by atomic mass is 35.5. The van der Waals surface area contributed by atoms with Crippen LogP contribution in [0.1, 0.15) is 37.8 Å². The number of aromatic amines is 1. The van der Waals surface area contributed by atoms with Gasteiger partial charge in [-0.3, -0.25) is 0 Å². The van der Waals surface area contributed by atoms with E-state index in [9.17, 15) is 13.2 Å². The molecule has 0 saturated heterocycles. The van der Waals surface area contributed by atoms with E-state index in [2.05, 4.69) is 24.9 Å². The van der Waals surface area contributed by atoms with Gasteiger partial charge in [0.25, 0.3) is 0 Å². The number of hydrogen-bond acceptors (Lipinski definition) is 9. The predicted molar refractivity (Wildman–Crippen MR) is 147 cm³/mol. The normalized spacial score (nSPS) is 13.2. The Balaban J connectivity index is 0.000000375. The number of ether oxygens (including phenoxy) is 1. The Bertz CT molecular complexity index is 1470. The van der Waals surface area contributed by atoms with Gasteiger partial charge in [0.1, 0.15) is 45.6 Å². The lowest BCUT2D eigenvalue weighted by molar-refractivity contribution is -0.139. The Hall–Kier alpha value is -2.87. The quantitative estimate of drug-likeness (QED) is 0.170. The number of nitrogens with two attached hydrogens (primary N) is 2. The van der Waals surface area contributed by atoms with Crippen LogP contribution in [0.2, 0.25) is 5.15 Å². The third-order valence-electron chi connectivity index (χ3n) is 5.13. The van der Waals surface area contributed by atoms with E-state index in [1.807, 2.05) is 20.8 Å². The van der Waals surface area contributed by atoms with E-state index in [0.29, 0.717) is 49.4 Å². The molecule has 0 aliphatic rings. The summed E-state index contributed by atoms with van der Waals surface area (Å²) in [5.74, 6) is 0.0567. The molecule has 0 fully saturated rings. The SMILES string of the molecule is Cc1nc2c(-c3ccc(OC[C@@](C)(N)CC(C)C)c(C(F)(F)F)c3)ncnc2s1.Nc1c(Cl)[nH]cnc1=S. The van der Waals surface area contributed by atoms with E-state index in [-0.39, 0.29) is 12.4 Å². The number of halogens is 4. The zero-order valence-corrected chi connectivity index (χ0v) is 23.4. The zero-order valence-electron chi connectivity index (χ0n) is 21.1. The first-order valence-electron chi connectivity index (χ1n) is 11.4. The van der Waals surface area contributed by atoms with Crippen molar-refractivity contribution in [2.45, 2.75) is 45.8 Å². The molecule has 0 bridgehead atoms. The highest BCUT2D eigenvalue weighted by molar-refractivity contribution is 7.71. The lowest BCUT2D eigenvalue weighted by atomic mass is 9.93. The molecule has 3 aromatic heterocycles. The fourth-order valence-corrected chi connectivity index (χ4v) is 4.82. The third-order valence-corrected chi connectivity index (χ3v) is 6.65. The van der Waals surface area contributed by atoms with Crippen LogP contribution < -0.4 is 16.2 Å². The van der Waals surface area contributed by atoms with Crippen molar-refractivity contribution in [2.75, 3.05) is 12.3 Å². The number of nitrogen functional groups attached to an aromatic ring is 1. The van der Waals surface area contributed by atoms with Crippen LogP contribution in [0.25, 0.3) is 21.6 Å². The minimum atomic E-state index is -4.58. The Morgan fingerprint density at radius 3 is 2.53 bits per heavy atom. The Labute approximate surface area is 231 Å². The molecule has 0 unspecified atom stereocenters. The van der Waals surface area contributed by atoms with Gasteiger partial charge in [0.05, 0.1) is 16.9 Å². The first-order valence-corrected chi connectivity index (χ1v) is 13.0. The van der Waals surface area contributed by atoms with Gasteiger partial charge in [0, 0.05) is 11.1 Å². The highest BCUT2D eigenvalue weighted by Crippen LogP contribution is 2.40. The van der Waals surface area contributed by atoms with Crippen LogP contribution in [-0.2, 0) is 6.18 Å². The van der Waals surface area contributed by atoms with Crippen molar-refractivity contribution < 1.29 is 17.9 Å². The number of H-pyrrole nitrogens is 1. The summed E-state index contributed by atoms with van der Waals surface area (Å²) >= 11 is 11.6. The minimum absolute atomic E-state index is 0.0172. The Morgan fingerprint density at radius 1 is 1.21 bits per heavy atom. The first-order chi connectivity index (χ1) is 17.7. The summed E-state index contributed by atoms with van der Waals surface area (Å²) in [5.41, 5.74) is 11.4. The van der Waals surface area contributed by atoms with Crippen LogP contribution in [0.5, 0.6) is 5.75 Å². The average molecular weight is 586 g/mol. The number of nitrogens with one attached hydrogen (secondary N) is 1. The molecule has 0 aliphatic carbocycles. The summed E-state index contributed by atoms with van der Waals surface area (Å²) in [4.78, 5) is 19.6. The maximum atomic E-state index is 13.7. The molecular weight excluding hydrogens is 559 g/mol. The summed E-state index contributed by atoms with van der Waals surface area (Å²) in [6.45, 7) is 7.58. The van der Waals surface area contributed by atoms with Gasteiger partial charge in [0.2, 0.25) is 0 Å². The minimum Gasteiger partial charge on any atom is -0.491 e. The first kappa shape index (κ1) is 29.7. The topological polar surface area (TPSA) is 129 Å². The Kier molecular flexibility index (Phi) is 9.29. The largest absolute Gasteiger partial charge is 0.491 e. The van der Waals surface area contributed by atoms with Gasteiger partial charge in [-0.15, -0.1) is 0 Å². The fraction of sp³-hybridized carbons (Fsp3) is 0.375. The lowest BCUT2D eigenvalue weighted by Crippen LogP contribution is -2.43. The molecule has 4 rings (SSSR count). The molecule has 0 spiro atoms. The van der Waals surface area contributed by atoms with Crippen LogP contribution in [-0.4, -0.2) is 37.1 Å². The van der Waals surface area contributed by atoms with Gasteiger partial charge in [-0.2, -0.15) is 13.2 Å². The third kappa shape index (κ3) is 7.59. The standard InChI is InChI=1S/C20H23F3N4OS.C4H4ClN3S/c1-11(2)8-19(4,24)9-28-15-6-5-13(7-14(15)20(21,22)23)16-17-18(26-10-25-16)29-12(3)27-17;5-3-2(6)4(9)8-1-7-3/h5-7,10-11H,8-9,24H2,1-4H3;1H,6H2,(H,7,8,9)/t19-;/m0./s1. The second-order valence-corrected chi connectivity index (χ2v) is 11.2. The van der Waals surface area contributed by atoms with E-state index in [0.717, 1.165) is 11.1 Å². The summed E-state index contributed by atoms with van der Waals surface area (Å²) in [6.07, 6.45) is -1.22. The molecule has 4 aromatic rings. The van der Waals surface area contributed by atoms with Crippen molar-refractivity contribution in [2.24, 2.45) is 11.7 Å². The number of alkyl halides is 3. The van der Waals surface area contributed by atoms with Crippen LogP contribution in [0, 0.1) is 17.5 Å². The smallest absolute Gasteiger partial charge is 0.419 e. The summed E-state index contributed by atoms with van der Waals surface area (Å²) in [6, 6.07) is 3.91. The van der Waals surface area contributed by atoms with Gasteiger partial charge < -0.3 is 21.2 Å². The molecule has 3 heterocycles. The zero-order chi connectivity index (χ0) is 28.3. The summed E-state index contributed by atoms with van der Waals surface area (Å²) < 4.78 is 47.1. The van der Waals surface area contributed by atoms with Crippen LogP contribution in [0.3, 0.4) is 0 Å². The molecule has 5 N–H and O–H groups in total. The van der Waals surface area contributed by atoms with E-state index in [1.165, 1.54) is 30.1 Å². The van der Waals surface area contributed by atoms with E-state index in [4.69, 9.17) is 40.0 Å². The molecule has 1 aromatic carbocycles. The van der Waals surface area contributed by atoms with Crippen molar-refractivity contribution >= 4 is 51.2 Å². The molecule has 0 saturated carbocycles. The number of fused-ring (bicyclic) bond motifs is 1. The number of benzene rings is 1.